The van der Waals surface area contributed by atoms with E-state index in [2.05, 4.69) is 18.7 Å². The van der Waals surface area contributed by atoms with Gasteiger partial charge in [0.05, 0.1) is 4.92 Å². The summed E-state index contributed by atoms with van der Waals surface area (Å²) >= 11 is 0. The van der Waals surface area contributed by atoms with E-state index in [1.54, 1.807) is 17.0 Å². The second-order valence-electron chi connectivity index (χ2n) is 8.23. The van der Waals surface area contributed by atoms with Gasteiger partial charge in [-0.3, -0.25) is 19.8 Å². The molecule has 0 spiro atoms. The fraction of sp³-hybridized carbons (Fsp3) is 0.632. The SMILES string of the molecule is CC(C)CN1CCN(C(=O)c2ccc(C(C)(C)C)c([N+](=O)[O-])c2)CC1. The molecule has 6 nitrogen and oxygen atoms in total. The van der Waals surface area contributed by atoms with Crippen molar-refractivity contribution in [1.82, 2.24) is 9.80 Å². The molecule has 138 valence electrons. The monoisotopic (exact) mass is 347 g/mol. The number of amides is 1. The first kappa shape index (κ1) is 19.4. The Balaban J connectivity index is 2.15. The lowest BCUT2D eigenvalue weighted by molar-refractivity contribution is -0.386. The molecule has 0 aromatic heterocycles. The van der Waals surface area contributed by atoms with E-state index >= 15 is 0 Å². The van der Waals surface area contributed by atoms with Crippen LogP contribution in [0.1, 0.15) is 50.5 Å². The molecule has 0 N–H and O–H groups in total. The Morgan fingerprint density at radius 1 is 1.20 bits per heavy atom. The summed E-state index contributed by atoms with van der Waals surface area (Å²) in [6, 6.07) is 4.88. The van der Waals surface area contributed by atoms with Gasteiger partial charge in [0, 0.05) is 49.9 Å². The summed E-state index contributed by atoms with van der Waals surface area (Å²) in [7, 11) is 0. The van der Waals surface area contributed by atoms with E-state index in [1.807, 2.05) is 20.8 Å². The van der Waals surface area contributed by atoms with Crippen molar-refractivity contribution in [1.29, 1.82) is 0 Å². The highest BCUT2D eigenvalue weighted by Gasteiger charge is 2.28. The maximum Gasteiger partial charge on any atom is 0.273 e. The zero-order valence-corrected chi connectivity index (χ0v) is 15.9. The molecule has 1 aliphatic rings. The average molecular weight is 347 g/mol. The van der Waals surface area contributed by atoms with Gasteiger partial charge >= 0.3 is 0 Å². The second-order valence-corrected chi connectivity index (χ2v) is 8.23. The highest BCUT2D eigenvalue weighted by atomic mass is 16.6. The maximum atomic E-state index is 12.7. The Bertz CT molecular complexity index is 642. The van der Waals surface area contributed by atoms with Crippen molar-refractivity contribution in [3.63, 3.8) is 0 Å². The fourth-order valence-corrected chi connectivity index (χ4v) is 3.28. The predicted molar refractivity (Wildman–Crippen MR) is 99.0 cm³/mol. The number of nitrogens with zero attached hydrogens (tertiary/aromatic N) is 3. The minimum absolute atomic E-state index is 0.0248. The van der Waals surface area contributed by atoms with Crippen LogP contribution in [0.15, 0.2) is 18.2 Å². The Morgan fingerprint density at radius 2 is 1.80 bits per heavy atom. The van der Waals surface area contributed by atoms with Crippen molar-refractivity contribution < 1.29 is 9.72 Å². The molecule has 1 heterocycles. The molecule has 2 rings (SSSR count). The largest absolute Gasteiger partial charge is 0.336 e. The number of carbonyl (C=O) groups is 1. The average Bonchev–Trinajstić information content (AvgIpc) is 2.53. The summed E-state index contributed by atoms with van der Waals surface area (Å²) in [5, 5.41) is 11.4. The van der Waals surface area contributed by atoms with Gasteiger partial charge in [-0.2, -0.15) is 0 Å². The number of nitro benzene ring substituents is 1. The fourth-order valence-electron chi connectivity index (χ4n) is 3.28. The van der Waals surface area contributed by atoms with Crippen molar-refractivity contribution >= 4 is 11.6 Å². The number of nitro groups is 1. The summed E-state index contributed by atoms with van der Waals surface area (Å²) < 4.78 is 0. The summed E-state index contributed by atoms with van der Waals surface area (Å²) in [5.74, 6) is 0.489. The number of piperazine rings is 1. The molecule has 0 unspecified atom stereocenters. The van der Waals surface area contributed by atoms with E-state index in [0.29, 0.717) is 30.1 Å². The molecule has 0 radical (unpaired) electrons. The van der Waals surface area contributed by atoms with Crippen molar-refractivity contribution in [3.8, 4) is 0 Å². The van der Waals surface area contributed by atoms with Gasteiger partial charge in [0.25, 0.3) is 11.6 Å². The van der Waals surface area contributed by atoms with E-state index < -0.39 is 4.92 Å². The summed E-state index contributed by atoms with van der Waals surface area (Å²) in [4.78, 5) is 28.0. The number of rotatable bonds is 4. The van der Waals surface area contributed by atoms with E-state index in [4.69, 9.17) is 0 Å². The third kappa shape index (κ3) is 4.78. The smallest absolute Gasteiger partial charge is 0.273 e. The van der Waals surface area contributed by atoms with E-state index in [-0.39, 0.29) is 17.0 Å². The number of carbonyl (C=O) groups excluding carboxylic acids is 1. The zero-order valence-electron chi connectivity index (χ0n) is 15.9. The van der Waals surface area contributed by atoms with Crippen molar-refractivity contribution in [2.45, 2.75) is 40.0 Å². The standard InChI is InChI=1S/C19H29N3O3/c1-14(2)13-20-8-10-21(11-9-20)18(23)15-6-7-16(19(3,4)5)17(12-15)22(24)25/h6-7,12,14H,8-11,13H2,1-5H3. The minimum atomic E-state index is -0.391. The van der Waals surface area contributed by atoms with Gasteiger partial charge in [-0.1, -0.05) is 40.7 Å². The molecule has 6 heteroatoms. The Morgan fingerprint density at radius 3 is 2.28 bits per heavy atom. The van der Waals surface area contributed by atoms with E-state index in [0.717, 1.165) is 19.6 Å². The van der Waals surface area contributed by atoms with Gasteiger partial charge in [-0.25, -0.2) is 0 Å². The van der Waals surface area contributed by atoms with Crippen LogP contribution in [-0.2, 0) is 5.41 Å². The topological polar surface area (TPSA) is 66.7 Å². The second kappa shape index (κ2) is 7.52. The predicted octanol–water partition coefficient (Wildman–Crippen LogP) is 3.31. The summed E-state index contributed by atoms with van der Waals surface area (Å²) in [5.41, 5.74) is 0.733. The van der Waals surface area contributed by atoms with Crippen LogP contribution in [0.3, 0.4) is 0 Å². The van der Waals surface area contributed by atoms with Gasteiger partial charge in [-0.15, -0.1) is 0 Å². The van der Waals surface area contributed by atoms with Gasteiger partial charge in [-0.05, 0) is 17.4 Å². The molecular formula is C19H29N3O3. The molecule has 0 saturated carbocycles. The molecule has 25 heavy (non-hydrogen) atoms. The van der Waals surface area contributed by atoms with Crippen molar-refractivity contribution in [2.75, 3.05) is 32.7 Å². The van der Waals surface area contributed by atoms with Crippen LogP contribution < -0.4 is 0 Å². The van der Waals surface area contributed by atoms with Crippen molar-refractivity contribution in [2.24, 2.45) is 5.92 Å². The molecule has 0 bridgehead atoms. The normalized spacial score (nSPS) is 16.3. The van der Waals surface area contributed by atoms with Gasteiger partial charge < -0.3 is 4.90 Å². The third-order valence-corrected chi connectivity index (χ3v) is 4.53. The molecule has 1 saturated heterocycles. The van der Waals surface area contributed by atoms with Crippen molar-refractivity contribution in [3.05, 3.63) is 39.4 Å². The quantitative estimate of drug-likeness (QED) is 0.619. The highest BCUT2D eigenvalue weighted by Crippen LogP contribution is 2.32. The number of benzene rings is 1. The molecule has 1 aliphatic heterocycles. The summed E-state index contributed by atoms with van der Waals surface area (Å²) in [6.07, 6.45) is 0. The van der Waals surface area contributed by atoms with Crippen LogP contribution in [0.5, 0.6) is 0 Å². The third-order valence-electron chi connectivity index (χ3n) is 4.53. The first-order valence-electron chi connectivity index (χ1n) is 8.90. The van der Waals surface area contributed by atoms with Crippen LogP contribution in [-0.4, -0.2) is 53.4 Å². The molecule has 1 amide bonds. The Hall–Kier alpha value is -1.95. The molecule has 1 fully saturated rings. The molecular weight excluding hydrogens is 318 g/mol. The maximum absolute atomic E-state index is 12.7. The molecule has 0 aliphatic carbocycles. The van der Waals surface area contributed by atoms with Crippen LogP contribution in [0.25, 0.3) is 0 Å². The van der Waals surface area contributed by atoms with Gasteiger partial charge in [0.1, 0.15) is 0 Å². The number of hydrogen-bond donors (Lipinski definition) is 0. The van der Waals surface area contributed by atoms with Gasteiger partial charge in [0.2, 0.25) is 0 Å². The summed E-state index contributed by atoms with van der Waals surface area (Å²) in [6.45, 7) is 14.3. The lowest BCUT2D eigenvalue weighted by Crippen LogP contribution is -2.49. The lowest BCUT2D eigenvalue weighted by Gasteiger charge is -2.35. The van der Waals surface area contributed by atoms with Crippen LogP contribution in [0, 0.1) is 16.0 Å². The highest BCUT2D eigenvalue weighted by molar-refractivity contribution is 5.95. The molecule has 1 aromatic rings. The van der Waals surface area contributed by atoms with Crippen LogP contribution in [0.2, 0.25) is 0 Å². The Labute approximate surface area is 150 Å². The van der Waals surface area contributed by atoms with Crippen LogP contribution in [0.4, 0.5) is 5.69 Å². The number of hydrogen-bond acceptors (Lipinski definition) is 4. The molecule has 1 aromatic carbocycles. The van der Waals surface area contributed by atoms with Gasteiger partial charge in [0.15, 0.2) is 0 Å². The first-order valence-corrected chi connectivity index (χ1v) is 8.90. The minimum Gasteiger partial charge on any atom is -0.336 e. The van der Waals surface area contributed by atoms with Crippen LogP contribution >= 0.6 is 0 Å². The first-order chi connectivity index (χ1) is 11.6. The molecule has 0 atom stereocenters. The zero-order chi connectivity index (χ0) is 18.8. The van der Waals surface area contributed by atoms with E-state index in [1.165, 1.54) is 6.07 Å². The Kier molecular flexibility index (Phi) is 5.83. The van der Waals surface area contributed by atoms with E-state index in [9.17, 15) is 14.9 Å². The lowest BCUT2D eigenvalue weighted by atomic mass is 9.85.